The quantitative estimate of drug-likeness (QED) is 0.193. The molecule has 0 saturated heterocycles. The molecule has 0 radical (unpaired) electrons. The average Bonchev–Trinajstić information content (AvgIpc) is 3.21. The maximum Gasteiger partial charge on any atom is 0.234 e. The molecule has 1 heterocycles. The first-order valence-electron chi connectivity index (χ1n) is 10.6. The van der Waals surface area contributed by atoms with Gasteiger partial charge in [-0.3, -0.25) is 9.36 Å². The maximum absolute atomic E-state index is 14.0. The number of nitrogens with zero attached hydrogens (tertiary/aromatic N) is 3. The second-order valence-electron chi connectivity index (χ2n) is 7.58. The lowest BCUT2D eigenvalue weighted by Gasteiger charge is -2.12. The van der Waals surface area contributed by atoms with E-state index >= 15 is 0 Å². The van der Waals surface area contributed by atoms with Crippen molar-refractivity contribution in [3.8, 4) is 5.75 Å². The van der Waals surface area contributed by atoms with E-state index in [1.165, 1.54) is 0 Å². The van der Waals surface area contributed by atoms with Gasteiger partial charge in [-0.15, -0.1) is 16.8 Å². The molecule has 0 aliphatic rings. The molecule has 4 rings (SSSR count). The highest BCUT2D eigenvalue weighted by atomic mass is 79.9. The number of halogens is 3. The van der Waals surface area contributed by atoms with E-state index in [4.69, 9.17) is 4.74 Å². The zero-order chi connectivity index (χ0) is 24.9. The Hall–Kier alpha value is -3.24. The van der Waals surface area contributed by atoms with Crippen molar-refractivity contribution in [2.45, 2.75) is 25.2 Å². The van der Waals surface area contributed by atoms with Crippen LogP contribution in [0.25, 0.3) is 10.8 Å². The van der Waals surface area contributed by atoms with Gasteiger partial charge in [0.1, 0.15) is 18.2 Å². The molecule has 0 fully saturated rings. The Morgan fingerprint density at radius 2 is 2.03 bits per heavy atom. The van der Waals surface area contributed by atoms with Crippen molar-refractivity contribution in [3.63, 3.8) is 0 Å². The van der Waals surface area contributed by atoms with Gasteiger partial charge in [0, 0.05) is 17.1 Å². The second kappa shape index (κ2) is 11.0. The third-order valence-corrected chi connectivity index (χ3v) is 6.81. The van der Waals surface area contributed by atoms with Gasteiger partial charge in [0.25, 0.3) is 0 Å². The summed E-state index contributed by atoms with van der Waals surface area (Å²) in [7, 11) is 0. The normalized spacial score (nSPS) is 11.0. The molecule has 35 heavy (non-hydrogen) atoms. The summed E-state index contributed by atoms with van der Waals surface area (Å²) in [4.78, 5) is 12.4. The van der Waals surface area contributed by atoms with Crippen molar-refractivity contribution in [2.24, 2.45) is 0 Å². The fraction of sp³-hybridized carbons (Fsp3) is 0.160. The van der Waals surface area contributed by atoms with Crippen LogP contribution in [0.15, 0.2) is 70.8 Å². The van der Waals surface area contributed by atoms with Crippen LogP contribution in [0.3, 0.4) is 0 Å². The van der Waals surface area contributed by atoms with Crippen LogP contribution in [0.5, 0.6) is 5.75 Å². The minimum Gasteiger partial charge on any atom is -0.485 e. The van der Waals surface area contributed by atoms with E-state index < -0.39 is 17.5 Å². The van der Waals surface area contributed by atoms with Crippen LogP contribution in [-0.4, -0.2) is 26.4 Å². The molecule has 3 aromatic carbocycles. The lowest BCUT2D eigenvalue weighted by atomic mass is 10.0. The smallest absolute Gasteiger partial charge is 0.234 e. The number of thioether (sulfide) groups is 1. The molecule has 10 heteroatoms. The number of amides is 1. The topological polar surface area (TPSA) is 69.0 Å². The minimum absolute atomic E-state index is 0.0524. The van der Waals surface area contributed by atoms with E-state index in [0.29, 0.717) is 23.6 Å². The van der Waals surface area contributed by atoms with Crippen LogP contribution >= 0.6 is 27.7 Å². The molecule has 0 atom stereocenters. The highest BCUT2D eigenvalue weighted by molar-refractivity contribution is 9.10. The zero-order valence-electron chi connectivity index (χ0n) is 18.7. The monoisotopic (exact) mass is 558 g/mol. The number of ether oxygens (including phenoxy) is 1. The van der Waals surface area contributed by atoms with Gasteiger partial charge in [0.05, 0.1) is 11.4 Å². The molecule has 1 amide bonds. The van der Waals surface area contributed by atoms with Gasteiger partial charge >= 0.3 is 0 Å². The number of allylic oxidation sites excluding steroid dienone is 1. The van der Waals surface area contributed by atoms with Crippen molar-refractivity contribution in [1.29, 1.82) is 0 Å². The standard InChI is InChI=1S/C25H21BrF2N4O2S/c1-3-10-32-22(13-34-21-9-8-16-6-4-5-7-18(16)15(21)2)30-31-25(32)35-14-23(33)29-24-19(26)11-17(27)12-20(24)28/h3-9,11-12H,1,10,13-14H2,2H3,(H,29,33). The van der Waals surface area contributed by atoms with Gasteiger partial charge < -0.3 is 10.1 Å². The third-order valence-electron chi connectivity index (χ3n) is 5.21. The summed E-state index contributed by atoms with van der Waals surface area (Å²) in [6, 6.07) is 13.8. The number of benzene rings is 3. The van der Waals surface area contributed by atoms with Crippen LogP contribution in [0.4, 0.5) is 14.5 Å². The first-order chi connectivity index (χ1) is 16.9. The first-order valence-corrected chi connectivity index (χ1v) is 12.4. The summed E-state index contributed by atoms with van der Waals surface area (Å²) in [5.41, 5.74) is 0.910. The highest BCUT2D eigenvalue weighted by Gasteiger charge is 2.17. The van der Waals surface area contributed by atoms with Gasteiger partial charge in [0.15, 0.2) is 16.8 Å². The maximum atomic E-state index is 14.0. The SMILES string of the molecule is C=CCn1c(COc2ccc3ccccc3c2C)nnc1SCC(=O)Nc1c(F)cc(F)cc1Br. The summed E-state index contributed by atoms with van der Waals surface area (Å²) in [6.45, 7) is 6.39. The molecule has 0 bridgehead atoms. The largest absolute Gasteiger partial charge is 0.485 e. The third kappa shape index (κ3) is 5.71. The summed E-state index contributed by atoms with van der Waals surface area (Å²) in [5.74, 6) is -0.811. The molecule has 1 N–H and O–H groups in total. The Morgan fingerprint density at radius 3 is 2.80 bits per heavy atom. The summed E-state index contributed by atoms with van der Waals surface area (Å²) >= 11 is 4.20. The summed E-state index contributed by atoms with van der Waals surface area (Å²) in [6.07, 6.45) is 1.70. The van der Waals surface area contributed by atoms with Gasteiger partial charge in [-0.25, -0.2) is 8.78 Å². The molecule has 4 aromatic rings. The van der Waals surface area contributed by atoms with Crippen molar-refractivity contribution in [2.75, 3.05) is 11.1 Å². The number of nitrogens with one attached hydrogen (secondary N) is 1. The first kappa shape index (κ1) is 24.9. The Morgan fingerprint density at radius 1 is 1.23 bits per heavy atom. The Kier molecular flexibility index (Phi) is 7.82. The number of carbonyl (C=O) groups is 1. The van der Waals surface area contributed by atoms with Crippen LogP contribution in [0, 0.1) is 18.6 Å². The average molecular weight is 559 g/mol. The van der Waals surface area contributed by atoms with Crippen molar-refractivity contribution in [3.05, 3.63) is 88.7 Å². The molecule has 0 saturated carbocycles. The van der Waals surface area contributed by atoms with E-state index in [1.54, 1.807) is 10.6 Å². The number of aryl methyl sites for hydroxylation is 1. The number of rotatable bonds is 9. The molecule has 0 unspecified atom stereocenters. The predicted molar refractivity (Wildman–Crippen MR) is 137 cm³/mol. The van der Waals surface area contributed by atoms with Gasteiger partial charge in [0.2, 0.25) is 5.91 Å². The Bertz CT molecular complexity index is 1390. The number of hydrogen-bond donors (Lipinski definition) is 1. The van der Waals surface area contributed by atoms with Crippen LogP contribution in [-0.2, 0) is 17.9 Å². The van der Waals surface area contributed by atoms with Gasteiger partial charge in [-0.05, 0) is 51.3 Å². The fourth-order valence-corrected chi connectivity index (χ4v) is 4.79. The molecule has 0 aliphatic heterocycles. The lowest BCUT2D eigenvalue weighted by molar-refractivity contribution is -0.113. The minimum atomic E-state index is -0.867. The van der Waals surface area contributed by atoms with Gasteiger partial charge in [-0.2, -0.15) is 0 Å². The van der Waals surface area contributed by atoms with Crippen molar-refractivity contribution in [1.82, 2.24) is 14.8 Å². The highest BCUT2D eigenvalue weighted by Crippen LogP contribution is 2.29. The van der Waals surface area contributed by atoms with E-state index in [1.807, 2.05) is 37.3 Å². The van der Waals surface area contributed by atoms with E-state index in [2.05, 4.69) is 44.1 Å². The Labute approximate surface area is 213 Å². The fourth-order valence-electron chi connectivity index (χ4n) is 3.52. The summed E-state index contributed by atoms with van der Waals surface area (Å²) in [5, 5.41) is 13.6. The van der Waals surface area contributed by atoms with Crippen LogP contribution in [0.2, 0.25) is 0 Å². The summed E-state index contributed by atoms with van der Waals surface area (Å²) < 4.78 is 35.2. The number of hydrogen-bond acceptors (Lipinski definition) is 5. The molecular formula is C25H21BrF2N4O2S. The number of aromatic nitrogens is 3. The Balaban J connectivity index is 1.44. The van der Waals surface area contributed by atoms with Crippen LogP contribution in [0.1, 0.15) is 11.4 Å². The number of anilines is 1. The van der Waals surface area contributed by atoms with E-state index in [9.17, 15) is 13.6 Å². The molecule has 180 valence electrons. The van der Waals surface area contributed by atoms with Crippen LogP contribution < -0.4 is 10.1 Å². The zero-order valence-corrected chi connectivity index (χ0v) is 21.1. The molecule has 0 aliphatic carbocycles. The molecule has 0 spiro atoms. The van der Waals surface area contributed by atoms with E-state index in [0.717, 1.165) is 39.9 Å². The van der Waals surface area contributed by atoms with Crippen molar-refractivity contribution >= 4 is 50.1 Å². The molecule has 6 nitrogen and oxygen atoms in total. The molecule has 1 aromatic heterocycles. The molecular weight excluding hydrogens is 538 g/mol. The van der Waals surface area contributed by atoms with E-state index in [-0.39, 0.29) is 22.5 Å². The second-order valence-corrected chi connectivity index (χ2v) is 9.37. The number of fused-ring (bicyclic) bond motifs is 1. The van der Waals surface area contributed by atoms with Crippen molar-refractivity contribution < 1.29 is 18.3 Å². The lowest BCUT2D eigenvalue weighted by Crippen LogP contribution is -2.16. The number of carbonyl (C=O) groups excluding carboxylic acids is 1. The van der Waals surface area contributed by atoms with Gasteiger partial charge in [-0.1, -0.05) is 48.2 Å². The predicted octanol–water partition coefficient (Wildman–Crippen LogP) is 6.28.